The van der Waals surface area contributed by atoms with E-state index in [1.165, 1.54) is 24.3 Å². The maximum absolute atomic E-state index is 13.2. The maximum atomic E-state index is 13.2. The van der Waals surface area contributed by atoms with Crippen LogP contribution in [0.3, 0.4) is 0 Å². The molecule has 0 aliphatic heterocycles. The van der Waals surface area contributed by atoms with Crippen LogP contribution < -0.4 is 0 Å². The fourth-order valence-electron chi connectivity index (χ4n) is 3.46. The number of fused-ring (bicyclic) bond motifs is 1. The van der Waals surface area contributed by atoms with Crippen molar-refractivity contribution in [2.24, 2.45) is 0 Å². The van der Waals surface area contributed by atoms with Gasteiger partial charge in [0.25, 0.3) is 0 Å². The van der Waals surface area contributed by atoms with Gasteiger partial charge in [-0.25, -0.2) is 8.78 Å². The van der Waals surface area contributed by atoms with Crippen LogP contribution in [-0.2, 0) is 0 Å². The second-order valence-electron chi connectivity index (χ2n) is 7.08. The first-order valence-electron chi connectivity index (χ1n) is 9.54. The van der Waals surface area contributed by atoms with Crippen LogP contribution in [0.4, 0.5) is 8.78 Å². The monoisotopic (exact) mass is 394 g/mol. The average Bonchev–Trinajstić information content (AvgIpc) is 2.79. The minimum Gasteiger partial charge on any atom is -0.256 e. The van der Waals surface area contributed by atoms with Gasteiger partial charge in [-0.2, -0.15) is 0 Å². The summed E-state index contributed by atoms with van der Waals surface area (Å²) in [5.74, 6) is -0.512. The standard InChI is InChI=1S/C26H16F2N2/c27-23-8-3-17(4-9-23)19-1-2-20-13-22(16-30-26(20)14-19)21-7-12-25(29-15-21)18-5-10-24(28)11-6-18/h1-16H. The van der Waals surface area contributed by atoms with Crippen molar-refractivity contribution in [3.05, 3.63) is 109 Å². The molecular formula is C26H16F2N2. The minimum atomic E-state index is -0.264. The number of pyridine rings is 2. The fourth-order valence-corrected chi connectivity index (χ4v) is 3.46. The predicted molar refractivity (Wildman–Crippen MR) is 116 cm³/mol. The Kier molecular flexibility index (Phi) is 4.52. The highest BCUT2D eigenvalue weighted by atomic mass is 19.1. The molecule has 144 valence electrons. The van der Waals surface area contributed by atoms with Crippen molar-refractivity contribution in [2.45, 2.75) is 0 Å². The van der Waals surface area contributed by atoms with Gasteiger partial charge in [-0.15, -0.1) is 0 Å². The van der Waals surface area contributed by atoms with E-state index in [1.54, 1.807) is 30.5 Å². The number of hydrogen-bond donors (Lipinski definition) is 0. The molecule has 0 saturated carbocycles. The molecule has 0 aliphatic rings. The zero-order valence-corrected chi connectivity index (χ0v) is 15.9. The fraction of sp³-hybridized carbons (Fsp3) is 0. The second-order valence-corrected chi connectivity index (χ2v) is 7.08. The first-order valence-corrected chi connectivity index (χ1v) is 9.54. The van der Waals surface area contributed by atoms with Crippen molar-refractivity contribution in [1.82, 2.24) is 9.97 Å². The number of hydrogen-bond acceptors (Lipinski definition) is 2. The van der Waals surface area contributed by atoms with E-state index in [1.807, 2.05) is 36.5 Å². The van der Waals surface area contributed by atoms with Gasteiger partial charge >= 0.3 is 0 Å². The van der Waals surface area contributed by atoms with E-state index < -0.39 is 0 Å². The van der Waals surface area contributed by atoms with Crippen LogP contribution in [0, 0.1) is 11.6 Å². The summed E-state index contributed by atoms with van der Waals surface area (Å²) < 4.78 is 26.3. The van der Waals surface area contributed by atoms with Crippen molar-refractivity contribution < 1.29 is 8.78 Å². The van der Waals surface area contributed by atoms with Gasteiger partial charge in [0.05, 0.1) is 11.2 Å². The first-order chi connectivity index (χ1) is 14.7. The van der Waals surface area contributed by atoms with Crippen LogP contribution in [0.1, 0.15) is 0 Å². The molecule has 0 fully saturated rings. The quantitative estimate of drug-likeness (QED) is 0.332. The Morgan fingerprint density at radius 1 is 0.467 bits per heavy atom. The number of halogens is 2. The van der Waals surface area contributed by atoms with Crippen molar-refractivity contribution in [3.8, 4) is 33.5 Å². The first kappa shape index (κ1) is 18.1. The van der Waals surface area contributed by atoms with Gasteiger partial charge in [0.1, 0.15) is 11.6 Å². The third kappa shape index (κ3) is 3.55. The van der Waals surface area contributed by atoms with E-state index in [0.717, 1.165) is 44.4 Å². The van der Waals surface area contributed by atoms with Crippen molar-refractivity contribution >= 4 is 10.9 Å². The number of benzene rings is 3. The zero-order chi connectivity index (χ0) is 20.5. The van der Waals surface area contributed by atoms with Crippen LogP contribution in [-0.4, -0.2) is 9.97 Å². The Morgan fingerprint density at radius 2 is 1.07 bits per heavy atom. The molecule has 30 heavy (non-hydrogen) atoms. The lowest BCUT2D eigenvalue weighted by Gasteiger charge is -2.07. The van der Waals surface area contributed by atoms with Crippen LogP contribution in [0.25, 0.3) is 44.4 Å². The molecule has 2 heterocycles. The van der Waals surface area contributed by atoms with Crippen molar-refractivity contribution in [2.75, 3.05) is 0 Å². The molecule has 2 nitrogen and oxygen atoms in total. The summed E-state index contributed by atoms with van der Waals surface area (Å²) in [5, 5.41) is 1.01. The molecule has 0 spiro atoms. The average molecular weight is 394 g/mol. The zero-order valence-electron chi connectivity index (χ0n) is 15.9. The Morgan fingerprint density at radius 3 is 1.73 bits per heavy atom. The van der Waals surface area contributed by atoms with E-state index in [0.29, 0.717) is 0 Å². The lowest BCUT2D eigenvalue weighted by atomic mass is 10.0. The van der Waals surface area contributed by atoms with Crippen LogP contribution in [0.15, 0.2) is 97.3 Å². The van der Waals surface area contributed by atoms with Crippen LogP contribution in [0.2, 0.25) is 0 Å². The van der Waals surface area contributed by atoms with Crippen molar-refractivity contribution in [1.29, 1.82) is 0 Å². The molecule has 0 aliphatic carbocycles. The highest BCUT2D eigenvalue weighted by Crippen LogP contribution is 2.28. The molecule has 5 aromatic rings. The normalized spacial score (nSPS) is 11.0. The lowest BCUT2D eigenvalue weighted by Crippen LogP contribution is -1.88. The molecule has 0 bridgehead atoms. The van der Waals surface area contributed by atoms with E-state index in [-0.39, 0.29) is 11.6 Å². The van der Waals surface area contributed by atoms with E-state index in [9.17, 15) is 8.78 Å². The van der Waals surface area contributed by atoms with E-state index in [2.05, 4.69) is 16.0 Å². The van der Waals surface area contributed by atoms with Gasteiger partial charge in [-0.3, -0.25) is 9.97 Å². The third-order valence-electron chi connectivity index (χ3n) is 5.10. The summed E-state index contributed by atoms with van der Waals surface area (Å²) >= 11 is 0. The smallest absolute Gasteiger partial charge is 0.123 e. The Bertz CT molecular complexity index is 1330. The summed E-state index contributed by atoms with van der Waals surface area (Å²) in [4.78, 5) is 9.12. The summed E-state index contributed by atoms with van der Waals surface area (Å²) in [6.07, 6.45) is 3.62. The highest BCUT2D eigenvalue weighted by molar-refractivity contribution is 5.87. The van der Waals surface area contributed by atoms with Crippen LogP contribution >= 0.6 is 0 Å². The Hall–Kier alpha value is -3.92. The number of aromatic nitrogens is 2. The molecule has 0 unspecified atom stereocenters. The highest BCUT2D eigenvalue weighted by Gasteiger charge is 2.06. The largest absolute Gasteiger partial charge is 0.256 e. The summed E-state index contributed by atoms with van der Waals surface area (Å²) in [6.45, 7) is 0. The SMILES string of the molecule is Fc1ccc(-c2ccc3cc(-c4ccc(-c5ccc(F)cc5)nc4)cnc3c2)cc1. The van der Waals surface area contributed by atoms with Crippen LogP contribution in [0.5, 0.6) is 0 Å². The third-order valence-corrected chi connectivity index (χ3v) is 5.10. The number of rotatable bonds is 3. The van der Waals surface area contributed by atoms with Gasteiger partial charge < -0.3 is 0 Å². The molecular weight excluding hydrogens is 378 g/mol. The van der Waals surface area contributed by atoms with Gasteiger partial charge in [0, 0.05) is 34.5 Å². The van der Waals surface area contributed by atoms with Gasteiger partial charge in [0.15, 0.2) is 0 Å². The van der Waals surface area contributed by atoms with Gasteiger partial charge in [-0.05, 0) is 65.7 Å². The van der Waals surface area contributed by atoms with Gasteiger partial charge in [0.2, 0.25) is 0 Å². The molecule has 4 heteroatoms. The molecule has 0 saturated heterocycles. The van der Waals surface area contributed by atoms with E-state index >= 15 is 0 Å². The number of nitrogens with zero attached hydrogens (tertiary/aromatic N) is 2. The summed E-state index contributed by atoms with van der Waals surface area (Å²) in [7, 11) is 0. The Balaban J connectivity index is 1.45. The molecule has 0 atom stereocenters. The lowest BCUT2D eigenvalue weighted by molar-refractivity contribution is 0.627. The molecule has 3 aromatic carbocycles. The topological polar surface area (TPSA) is 25.8 Å². The molecule has 0 N–H and O–H groups in total. The Labute approximate surface area is 172 Å². The molecule has 5 rings (SSSR count). The molecule has 2 aromatic heterocycles. The van der Waals surface area contributed by atoms with Crippen molar-refractivity contribution in [3.63, 3.8) is 0 Å². The summed E-state index contributed by atoms with van der Waals surface area (Å²) in [5.41, 5.74) is 6.40. The second kappa shape index (κ2) is 7.48. The summed E-state index contributed by atoms with van der Waals surface area (Å²) in [6, 6.07) is 24.7. The molecule has 0 amide bonds. The minimum absolute atomic E-state index is 0.249. The van der Waals surface area contributed by atoms with Gasteiger partial charge in [-0.1, -0.05) is 30.3 Å². The maximum Gasteiger partial charge on any atom is 0.123 e. The molecule has 0 radical (unpaired) electrons. The predicted octanol–water partition coefficient (Wildman–Crippen LogP) is 6.91. The van der Waals surface area contributed by atoms with E-state index in [4.69, 9.17) is 0 Å².